The minimum Gasteiger partial charge on any atom is -0.381 e. The molecular weight excluding hydrogens is 242 g/mol. The quantitative estimate of drug-likeness (QED) is 0.909. The molecule has 1 atom stereocenters. The van der Waals surface area contributed by atoms with Crippen molar-refractivity contribution < 1.29 is 5.11 Å². The van der Waals surface area contributed by atoms with Crippen LogP contribution in [0.4, 0.5) is 0 Å². The van der Waals surface area contributed by atoms with E-state index in [9.17, 15) is 5.11 Å². The van der Waals surface area contributed by atoms with E-state index in [4.69, 9.17) is 0 Å². The topological polar surface area (TPSA) is 33.1 Å². The molecule has 0 amide bonds. The SMILES string of the molecule is Cc1csc(C(O)c2cccc(C3CCC3)c2)n1. The summed E-state index contributed by atoms with van der Waals surface area (Å²) in [6.45, 7) is 1.96. The van der Waals surface area contributed by atoms with Crippen molar-refractivity contribution in [3.8, 4) is 0 Å². The number of aryl methyl sites for hydroxylation is 1. The molecule has 0 spiro atoms. The van der Waals surface area contributed by atoms with Gasteiger partial charge in [-0.25, -0.2) is 4.98 Å². The Morgan fingerprint density at radius 3 is 2.83 bits per heavy atom. The summed E-state index contributed by atoms with van der Waals surface area (Å²) in [5.74, 6) is 0.704. The maximum Gasteiger partial charge on any atom is 0.131 e. The van der Waals surface area contributed by atoms with E-state index < -0.39 is 6.10 Å². The maximum atomic E-state index is 10.4. The maximum absolute atomic E-state index is 10.4. The summed E-state index contributed by atoms with van der Waals surface area (Å²) < 4.78 is 0. The number of aliphatic hydroxyl groups excluding tert-OH is 1. The van der Waals surface area contributed by atoms with Crippen LogP contribution in [0.1, 0.15) is 53.1 Å². The number of thiazole rings is 1. The van der Waals surface area contributed by atoms with Gasteiger partial charge in [-0.15, -0.1) is 11.3 Å². The van der Waals surface area contributed by atoms with Crippen molar-refractivity contribution in [2.45, 2.75) is 38.2 Å². The lowest BCUT2D eigenvalue weighted by Gasteiger charge is -2.26. The Kier molecular flexibility index (Phi) is 3.18. The highest BCUT2D eigenvalue weighted by Gasteiger charge is 2.21. The van der Waals surface area contributed by atoms with E-state index in [-0.39, 0.29) is 0 Å². The second-order valence-electron chi connectivity index (χ2n) is 5.03. The molecule has 1 saturated carbocycles. The Balaban J connectivity index is 1.86. The van der Waals surface area contributed by atoms with Crippen molar-refractivity contribution in [1.82, 2.24) is 4.98 Å². The highest BCUT2D eigenvalue weighted by molar-refractivity contribution is 7.09. The van der Waals surface area contributed by atoms with Gasteiger partial charge in [0.2, 0.25) is 0 Å². The molecule has 0 bridgehead atoms. The first-order valence-electron chi connectivity index (χ1n) is 6.44. The van der Waals surface area contributed by atoms with Crippen LogP contribution in [-0.2, 0) is 0 Å². The summed E-state index contributed by atoms with van der Waals surface area (Å²) in [4.78, 5) is 4.36. The van der Waals surface area contributed by atoms with Gasteiger partial charge in [-0.2, -0.15) is 0 Å². The van der Waals surface area contributed by atoms with Crippen LogP contribution in [0.25, 0.3) is 0 Å². The van der Waals surface area contributed by atoms with Crippen molar-refractivity contribution in [2.24, 2.45) is 0 Å². The minimum atomic E-state index is -0.580. The summed E-state index contributed by atoms with van der Waals surface area (Å²) in [7, 11) is 0. The molecule has 2 aromatic rings. The summed E-state index contributed by atoms with van der Waals surface area (Å²) in [5.41, 5.74) is 3.31. The summed E-state index contributed by atoms with van der Waals surface area (Å²) in [6, 6.07) is 8.36. The molecular formula is C15H17NOS. The molecule has 0 radical (unpaired) electrons. The number of aromatic nitrogens is 1. The Hall–Kier alpha value is -1.19. The highest BCUT2D eigenvalue weighted by atomic mass is 32.1. The summed E-state index contributed by atoms with van der Waals surface area (Å²) >= 11 is 1.53. The monoisotopic (exact) mass is 259 g/mol. The minimum absolute atomic E-state index is 0.580. The van der Waals surface area contributed by atoms with Gasteiger partial charge in [0.25, 0.3) is 0 Å². The molecule has 1 unspecified atom stereocenters. The third-order valence-electron chi connectivity index (χ3n) is 3.67. The van der Waals surface area contributed by atoms with Crippen LogP contribution in [-0.4, -0.2) is 10.1 Å². The number of hydrogen-bond donors (Lipinski definition) is 1. The second-order valence-corrected chi connectivity index (χ2v) is 5.92. The van der Waals surface area contributed by atoms with Gasteiger partial charge < -0.3 is 5.11 Å². The molecule has 2 nitrogen and oxygen atoms in total. The number of hydrogen-bond acceptors (Lipinski definition) is 3. The first kappa shape index (κ1) is 11.9. The fourth-order valence-corrected chi connectivity index (χ4v) is 3.17. The first-order valence-corrected chi connectivity index (χ1v) is 7.32. The van der Waals surface area contributed by atoms with Crippen LogP contribution < -0.4 is 0 Å². The molecule has 1 fully saturated rings. The van der Waals surface area contributed by atoms with Crippen LogP contribution in [0, 0.1) is 6.92 Å². The molecule has 1 heterocycles. The lowest BCUT2D eigenvalue weighted by Crippen LogP contribution is -2.09. The van der Waals surface area contributed by atoms with Crippen molar-refractivity contribution in [3.63, 3.8) is 0 Å². The standard InChI is InChI=1S/C15H17NOS/c1-10-9-18-15(16-10)14(17)13-7-3-6-12(8-13)11-4-2-5-11/h3,6-9,11,14,17H,2,4-5H2,1H3. The van der Waals surface area contributed by atoms with Gasteiger partial charge in [0.1, 0.15) is 11.1 Å². The Morgan fingerprint density at radius 1 is 1.39 bits per heavy atom. The number of nitrogens with zero attached hydrogens (tertiary/aromatic N) is 1. The molecule has 94 valence electrons. The van der Waals surface area contributed by atoms with E-state index in [0.717, 1.165) is 16.3 Å². The van der Waals surface area contributed by atoms with Gasteiger partial charge >= 0.3 is 0 Å². The van der Waals surface area contributed by atoms with E-state index in [1.54, 1.807) is 0 Å². The van der Waals surface area contributed by atoms with E-state index in [1.807, 2.05) is 24.4 Å². The van der Waals surface area contributed by atoms with Crippen LogP contribution in [0.3, 0.4) is 0 Å². The van der Waals surface area contributed by atoms with Gasteiger partial charge in [0.05, 0.1) is 0 Å². The molecule has 1 aromatic heterocycles. The molecule has 3 heteroatoms. The average molecular weight is 259 g/mol. The van der Waals surface area contributed by atoms with Crippen molar-refractivity contribution >= 4 is 11.3 Å². The van der Waals surface area contributed by atoms with E-state index in [2.05, 4.69) is 17.1 Å². The average Bonchev–Trinajstić information content (AvgIpc) is 2.73. The Labute approximate surface area is 111 Å². The smallest absolute Gasteiger partial charge is 0.131 e. The Bertz CT molecular complexity index is 545. The molecule has 1 aliphatic rings. The first-order chi connectivity index (χ1) is 8.74. The molecule has 0 saturated heterocycles. The van der Waals surface area contributed by atoms with Crippen LogP contribution in [0.2, 0.25) is 0 Å². The highest BCUT2D eigenvalue weighted by Crippen LogP contribution is 2.37. The van der Waals surface area contributed by atoms with E-state index in [1.165, 1.54) is 36.2 Å². The van der Waals surface area contributed by atoms with Gasteiger partial charge in [0, 0.05) is 11.1 Å². The summed E-state index contributed by atoms with van der Waals surface area (Å²) in [5, 5.41) is 13.1. The second kappa shape index (κ2) is 4.82. The van der Waals surface area contributed by atoms with Crippen molar-refractivity contribution in [2.75, 3.05) is 0 Å². The van der Waals surface area contributed by atoms with Crippen molar-refractivity contribution in [3.05, 3.63) is 51.5 Å². The van der Waals surface area contributed by atoms with Crippen LogP contribution >= 0.6 is 11.3 Å². The third kappa shape index (κ3) is 2.20. The number of rotatable bonds is 3. The number of aliphatic hydroxyl groups is 1. The van der Waals surface area contributed by atoms with Gasteiger partial charge in [-0.1, -0.05) is 30.7 Å². The molecule has 0 aliphatic heterocycles. The van der Waals surface area contributed by atoms with Gasteiger partial charge in [0.15, 0.2) is 0 Å². The lowest BCUT2D eigenvalue weighted by molar-refractivity contribution is 0.219. The van der Waals surface area contributed by atoms with Crippen LogP contribution in [0.15, 0.2) is 29.6 Å². The van der Waals surface area contributed by atoms with Crippen LogP contribution in [0.5, 0.6) is 0 Å². The Morgan fingerprint density at radius 2 is 2.22 bits per heavy atom. The third-order valence-corrected chi connectivity index (χ3v) is 4.69. The van der Waals surface area contributed by atoms with Crippen molar-refractivity contribution in [1.29, 1.82) is 0 Å². The number of benzene rings is 1. The zero-order valence-corrected chi connectivity index (χ0v) is 11.3. The normalized spacial score (nSPS) is 17.4. The van der Waals surface area contributed by atoms with Gasteiger partial charge in [-0.05, 0) is 36.8 Å². The fraction of sp³-hybridized carbons (Fsp3) is 0.400. The zero-order valence-electron chi connectivity index (χ0n) is 10.5. The predicted octanol–water partition coefficient (Wildman–Crippen LogP) is 3.80. The molecule has 1 aromatic carbocycles. The van der Waals surface area contributed by atoms with E-state index >= 15 is 0 Å². The largest absolute Gasteiger partial charge is 0.381 e. The molecule has 3 rings (SSSR count). The lowest BCUT2D eigenvalue weighted by atomic mass is 9.79. The summed E-state index contributed by atoms with van der Waals surface area (Å²) in [6.07, 6.45) is 3.33. The fourth-order valence-electron chi connectivity index (χ4n) is 2.36. The van der Waals surface area contributed by atoms with E-state index in [0.29, 0.717) is 5.92 Å². The predicted molar refractivity (Wildman–Crippen MR) is 73.9 cm³/mol. The molecule has 18 heavy (non-hydrogen) atoms. The van der Waals surface area contributed by atoms with Gasteiger partial charge in [-0.3, -0.25) is 0 Å². The molecule has 1 aliphatic carbocycles. The zero-order chi connectivity index (χ0) is 12.5. The molecule has 1 N–H and O–H groups in total.